The summed E-state index contributed by atoms with van der Waals surface area (Å²) >= 11 is 3.19. The molecule has 0 amide bonds. The second-order valence-electron chi connectivity index (χ2n) is 4.15. The van der Waals surface area contributed by atoms with Gasteiger partial charge in [0.2, 0.25) is 0 Å². The average molecular weight is 308 g/mol. The van der Waals surface area contributed by atoms with Crippen LogP contribution in [0.1, 0.15) is 18.1 Å². The summed E-state index contributed by atoms with van der Waals surface area (Å²) in [5.41, 5.74) is 3.44. The van der Waals surface area contributed by atoms with Crippen LogP contribution < -0.4 is 5.32 Å². The van der Waals surface area contributed by atoms with Gasteiger partial charge in [0, 0.05) is 12.2 Å². The lowest BCUT2D eigenvalue weighted by Gasteiger charge is -2.08. The van der Waals surface area contributed by atoms with Gasteiger partial charge in [0.15, 0.2) is 0 Å². The quantitative estimate of drug-likeness (QED) is 0.858. The van der Waals surface area contributed by atoms with Gasteiger partial charge in [-0.05, 0) is 57.7 Å². The van der Waals surface area contributed by atoms with Crippen LogP contribution in [0.3, 0.4) is 0 Å². The molecular weight excluding hydrogens is 293 g/mol. The van der Waals surface area contributed by atoms with Crippen LogP contribution in [0.2, 0.25) is 0 Å². The van der Waals surface area contributed by atoms with Gasteiger partial charge in [-0.25, -0.2) is 4.39 Å². The van der Waals surface area contributed by atoms with E-state index in [1.165, 1.54) is 11.6 Å². The lowest BCUT2D eigenvalue weighted by atomic mass is 10.1. The molecule has 0 aromatic heterocycles. The molecule has 1 nitrogen and oxygen atoms in total. The Hall–Kier alpha value is -1.35. The molecule has 94 valence electrons. The van der Waals surface area contributed by atoms with Crippen LogP contribution in [0.15, 0.2) is 46.9 Å². The van der Waals surface area contributed by atoms with E-state index in [1.807, 2.05) is 0 Å². The number of aryl methyl sites for hydroxylation is 1. The third-order valence-corrected chi connectivity index (χ3v) is 3.45. The highest BCUT2D eigenvalue weighted by Crippen LogP contribution is 2.18. The number of benzene rings is 2. The van der Waals surface area contributed by atoms with Gasteiger partial charge in [-0.1, -0.05) is 25.1 Å². The number of rotatable bonds is 4. The van der Waals surface area contributed by atoms with Gasteiger partial charge in [0.1, 0.15) is 5.82 Å². The van der Waals surface area contributed by atoms with Crippen LogP contribution in [0, 0.1) is 5.82 Å². The molecule has 0 spiro atoms. The molecule has 3 heteroatoms. The average Bonchev–Trinajstić information content (AvgIpc) is 2.41. The van der Waals surface area contributed by atoms with Crippen molar-refractivity contribution < 1.29 is 4.39 Å². The van der Waals surface area contributed by atoms with Crippen molar-refractivity contribution >= 4 is 21.6 Å². The van der Waals surface area contributed by atoms with Crippen LogP contribution in [-0.4, -0.2) is 0 Å². The van der Waals surface area contributed by atoms with E-state index in [2.05, 4.69) is 52.4 Å². The summed E-state index contributed by atoms with van der Waals surface area (Å²) in [6, 6.07) is 13.4. The van der Waals surface area contributed by atoms with Crippen molar-refractivity contribution in [2.75, 3.05) is 5.32 Å². The fourth-order valence-corrected chi connectivity index (χ4v) is 2.14. The molecule has 0 saturated heterocycles. The Kier molecular flexibility index (Phi) is 4.37. The zero-order valence-corrected chi connectivity index (χ0v) is 11.8. The van der Waals surface area contributed by atoms with Crippen LogP contribution >= 0.6 is 15.9 Å². The van der Waals surface area contributed by atoms with Crippen molar-refractivity contribution in [3.05, 3.63) is 63.9 Å². The Morgan fingerprint density at radius 3 is 2.33 bits per heavy atom. The molecular formula is C15H15BrFN. The Morgan fingerprint density at radius 1 is 1.06 bits per heavy atom. The molecule has 2 rings (SSSR count). The largest absolute Gasteiger partial charge is 0.381 e. The highest BCUT2D eigenvalue weighted by molar-refractivity contribution is 9.10. The standard InChI is InChI=1S/C15H15BrFN/c1-2-11-3-6-13(7-4-11)18-10-12-5-8-15(17)14(16)9-12/h3-9,18H,2,10H2,1H3. The van der Waals surface area contributed by atoms with Crippen molar-refractivity contribution in [2.24, 2.45) is 0 Å². The van der Waals surface area contributed by atoms with Gasteiger partial charge in [0.05, 0.1) is 4.47 Å². The smallest absolute Gasteiger partial charge is 0.137 e. The molecule has 1 N–H and O–H groups in total. The van der Waals surface area contributed by atoms with E-state index in [1.54, 1.807) is 12.1 Å². The van der Waals surface area contributed by atoms with Gasteiger partial charge < -0.3 is 5.32 Å². The Labute approximate surface area is 115 Å². The highest BCUT2D eigenvalue weighted by atomic mass is 79.9. The van der Waals surface area contributed by atoms with Gasteiger partial charge in [-0.15, -0.1) is 0 Å². The molecule has 0 aliphatic rings. The number of hydrogen-bond acceptors (Lipinski definition) is 1. The first-order valence-corrected chi connectivity index (χ1v) is 6.75. The minimum absolute atomic E-state index is 0.231. The molecule has 0 bridgehead atoms. The first-order chi connectivity index (χ1) is 8.69. The van der Waals surface area contributed by atoms with Crippen LogP contribution in [0.5, 0.6) is 0 Å². The van der Waals surface area contributed by atoms with Crippen LogP contribution in [0.4, 0.5) is 10.1 Å². The molecule has 2 aromatic rings. The molecule has 0 fully saturated rings. The highest BCUT2D eigenvalue weighted by Gasteiger charge is 2.00. The molecule has 0 saturated carbocycles. The van der Waals surface area contributed by atoms with E-state index in [9.17, 15) is 4.39 Å². The molecule has 0 atom stereocenters. The summed E-state index contributed by atoms with van der Waals surface area (Å²) in [5.74, 6) is -0.231. The molecule has 18 heavy (non-hydrogen) atoms. The van der Waals surface area contributed by atoms with Crippen LogP contribution in [-0.2, 0) is 13.0 Å². The normalized spacial score (nSPS) is 10.4. The summed E-state index contributed by atoms with van der Waals surface area (Å²) in [5, 5.41) is 3.32. The summed E-state index contributed by atoms with van der Waals surface area (Å²) in [7, 11) is 0. The van der Waals surface area contributed by atoms with Gasteiger partial charge in [-0.3, -0.25) is 0 Å². The summed E-state index contributed by atoms with van der Waals surface area (Å²) in [6.45, 7) is 2.82. The lowest BCUT2D eigenvalue weighted by Crippen LogP contribution is -1.99. The molecule has 0 aliphatic heterocycles. The predicted molar refractivity (Wildman–Crippen MR) is 77.2 cm³/mol. The Morgan fingerprint density at radius 2 is 1.72 bits per heavy atom. The number of anilines is 1. The SMILES string of the molecule is CCc1ccc(NCc2ccc(F)c(Br)c2)cc1. The maximum absolute atomic E-state index is 13.1. The number of halogens is 2. The van der Waals surface area contributed by atoms with Gasteiger partial charge in [0.25, 0.3) is 0 Å². The van der Waals surface area contributed by atoms with Crippen LogP contribution in [0.25, 0.3) is 0 Å². The first kappa shape index (κ1) is 13.1. The van der Waals surface area contributed by atoms with Crippen molar-refractivity contribution in [3.8, 4) is 0 Å². The monoisotopic (exact) mass is 307 g/mol. The van der Waals surface area contributed by atoms with E-state index >= 15 is 0 Å². The molecule has 2 aromatic carbocycles. The predicted octanol–water partition coefficient (Wildman–Crippen LogP) is 4.76. The number of nitrogens with one attached hydrogen (secondary N) is 1. The summed E-state index contributed by atoms with van der Waals surface area (Å²) < 4.78 is 13.6. The molecule has 0 heterocycles. The number of hydrogen-bond donors (Lipinski definition) is 1. The maximum Gasteiger partial charge on any atom is 0.137 e. The van der Waals surface area contributed by atoms with Crippen molar-refractivity contribution in [1.29, 1.82) is 0 Å². The third kappa shape index (κ3) is 3.33. The van der Waals surface area contributed by atoms with E-state index in [4.69, 9.17) is 0 Å². The zero-order valence-electron chi connectivity index (χ0n) is 10.2. The molecule has 0 radical (unpaired) electrons. The Balaban J connectivity index is 1.99. The van der Waals surface area contributed by atoms with E-state index in [0.29, 0.717) is 11.0 Å². The van der Waals surface area contributed by atoms with Crippen molar-refractivity contribution in [3.63, 3.8) is 0 Å². The third-order valence-electron chi connectivity index (χ3n) is 2.84. The Bertz CT molecular complexity index is 523. The minimum Gasteiger partial charge on any atom is -0.381 e. The molecule has 0 unspecified atom stereocenters. The second-order valence-corrected chi connectivity index (χ2v) is 5.01. The molecule has 0 aliphatic carbocycles. The fourth-order valence-electron chi connectivity index (χ4n) is 1.71. The van der Waals surface area contributed by atoms with Gasteiger partial charge in [-0.2, -0.15) is 0 Å². The summed E-state index contributed by atoms with van der Waals surface area (Å²) in [6.07, 6.45) is 1.05. The topological polar surface area (TPSA) is 12.0 Å². The van der Waals surface area contributed by atoms with E-state index in [0.717, 1.165) is 17.7 Å². The van der Waals surface area contributed by atoms with E-state index < -0.39 is 0 Å². The van der Waals surface area contributed by atoms with Gasteiger partial charge >= 0.3 is 0 Å². The van der Waals surface area contributed by atoms with Crippen molar-refractivity contribution in [1.82, 2.24) is 0 Å². The zero-order chi connectivity index (χ0) is 13.0. The lowest BCUT2D eigenvalue weighted by molar-refractivity contribution is 0.620. The summed E-state index contributed by atoms with van der Waals surface area (Å²) in [4.78, 5) is 0. The maximum atomic E-state index is 13.1. The van der Waals surface area contributed by atoms with Crippen molar-refractivity contribution in [2.45, 2.75) is 19.9 Å². The fraction of sp³-hybridized carbons (Fsp3) is 0.200. The second kappa shape index (κ2) is 6.01. The van der Waals surface area contributed by atoms with E-state index in [-0.39, 0.29) is 5.82 Å². The first-order valence-electron chi connectivity index (χ1n) is 5.96. The minimum atomic E-state index is -0.231.